The van der Waals surface area contributed by atoms with Crippen LogP contribution in [0.3, 0.4) is 0 Å². The average Bonchev–Trinajstić information content (AvgIpc) is 2.38. The number of nitrogens with zero attached hydrogens (tertiary/aromatic N) is 2. The summed E-state index contributed by atoms with van der Waals surface area (Å²) >= 11 is 0. The molecule has 2 aromatic rings. The number of nitrogens with one attached hydrogen (secondary N) is 1. The van der Waals surface area contributed by atoms with Crippen LogP contribution in [0.1, 0.15) is 11.3 Å². The molecule has 0 saturated carbocycles. The normalized spacial score (nSPS) is 9.41. The maximum Gasteiger partial charge on any atom is 0.156 e. The van der Waals surface area contributed by atoms with Crippen LogP contribution in [0.5, 0.6) is 0 Å². The molecule has 0 saturated heterocycles. The molecule has 17 heavy (non-hydrogen) atoms. The van der Waals surface area contributed by atoms with Crippen molar-refractivity contribution in [2.75, 3.05) is 13.6 Å². The highest BCUT2D eigenvalue weighted by atomic mass is 14.8. The molecular formula is C14H11N3. The van der Waals surface area contributed by atoms with Gasteiger partial charge in [-0.05, 0) is 19.2 Å². The Morgan fingerprint density at radius 2 is 2.18 bits per heavy atom. The molecule has 1 aromatic carbocycles. The van der Waals surface area contributed by atoms with Crippen molar-refractivity contribution in [1.29, 1.82) is 5.26 Å². The largest absolute Gasteiger partial charge is 0.309 e. The Kier molecular flexibility index (Phi) is 3.35. The number of benzene rings is 1. The van der Waals surface area contributed by atoms with Crippen LogP contribution in [0.2, 0.25) is 0 Å². The van der Waals surface area contributed by atoms with Gasteiger partial charge in [0.15, 0.2) is 5.69 Å². The molecular weight excluding hydrogens is 210 g/mol. The van der Waals surface area contributed by atoms with Crippen LogP contribution >= 0.6 is 0 Å². The van der Waals surface area contributed by atoms with Gasteiger partial charge < -0.3 is 5.32 Å². The number of hydrogen-bond donors (Lipinski definition) is 1. The third-order valence-corrected chi connectivity index (χ3v) is 2.32. The number of rotatable bonds is 1. The third-order valence-electron chi connectivity index (χ3n) is 2.32. The quantitative estimate of drug-likeness (QED) is 0.745. The summed E-state index contributed by atoms with van der Waals surface area (Å²) < 4.78 is 0. The lowest BCUT2D eigenvalue weighted by molar-refractivity contribution is 0.938. The molecule has 1 aromatic heterocycles. The first-order valence-electron chi connectivity index (χ1n) is 5.28. The Labute approximate surface area is 100 Å². The predicted octanol–water partition coefficient (Wildman–Crippen LogP) is 1.68. The van der Waals surface area contributed by atoms with E-state index in [-0.39, 0.29) is 0 Å². The smallest absolute Gasteiger partial charge is 0.156 e. The van der Waals surface area contributed by atoms with Crippen molar-refractivity contribution in [2.45, 2.75) is 0 Å². The molecule has 3 nitrogen and oxygen atoms in total. The van der Waals surface area contributed by atoms with Crippen molar-refractivity contribution in [3.8, 4) is 17.9 Å². The lowest BCUT2D eigenvalue weighted by Crippen LogP contribution is -2.04. The molecule has 3 heteroatoms. The Balaban J connectivity index is 2.55. The summed E-state index contributed by atoms with van der Waals surface area (Å²) in [6, 6.07) is 11.7. The van der Waals surface area contributed by atoms with Crippen molar-refractivity contribution in [3.05, 3.63) is 41.6 Å². The van der Waals surface area contributed by atoms with Crippen molar-refractivity contribution in [3.63, 3.8) is 0 Å². The van der Waals surface area contributed by atoms with Gasteiger partial charge >= 0.3 is 0 Å². The van der Waals surface area contributed by atoms with Gasteiger partial charge in [0, 0.05) is 5.39 Å². The number of aromatic nitrogens is 1. The highest BCUT2D eigenvalue weighted by Crippen LogP contribution is 2.15. The van der Waals surface area contributed by atoms with Crippen LogP contribution in [0.15, 0.2) is 30.3 Å². The Bertz CT molecular complexity index is 642. The Morgan fingerprint density at radius 1 is 1.35 bits per heavy atom. The molecule has 0 spiro atoms. The van der Waals surface area contributed by atoms with Crippen molar-refractivity contribution < 1.29 is 0 Å². The van der Waals surface area contributed by atoms with E-state index < -0.39 is 0 Å². The lowest BCUT2D eigenvalue weighted by atomic mass is 10.1. The van der Waals surface area contributed by atoms with Crippen LogP contribution in [0.25, 0.3) is 10.9 Å². The van der Waals surface area contributed by atoms with Gasteiger partial charge in [0.1, 0.15) is 6.07 Å². The molecule has 0 aliphatic carbocycles. The second-order valence-corrected chi connectivity index (χ2v) is 3.52. The summed E-state index contributed by atoms with van der Waals surface area (Å²) in [4.78, 5) is 4.29. The van der Waals surface area contributed by atoms with E-state index in [1.54, 1.807) is 0 Å². The van der Waals surface area contributed by atoms with Gasteiger partial charge in [-0.2, -0.15) is 5.26 Å². The fourth-order valence-electron chi connectivity index (χ4n) is 1.52. The minimum atomic E-state index is 0.382. The summed E-state index contributed by atoms with van der Waals surface area (Å²) in [6.45, 7) is 0.595. The number of para-hydroxylation sites is 1. The molecule has 1 heterocycles. The molecule has 0 radical (unpaired) electrons. The number of fused-ring (bicyclic) bond motifs is 1. The number of hydrogen-bond acceptors (Lipinski definition) is 3. The van der Waals surface area contributed by atoms with Gasteiger partial charge in [0.2, 0.25) is 0 Å². The topological polar surface area (TPSA) is 48.7 Å². The summed E-state index contributed by atoms with van der Waals surface area (Å²) in [6.07, 6.45) is 0. The van der Waals surface area contributed by atoms with Crippen LogP contribution in [0, 0.1) is 23.2 Å². The second-order valence-electron chi connectivity index (χ2n) is 3.52. The molecule has 0 bridgehead atoms. The van der Waals surface area contributed by atoms with E-state index in [4.69, 9.17) is 5.26 Å². The first kappa shape index (κ1) is 11.1. The highest BCUT2D eigenvalue weighted by Gasteiger charge is 2.03. The standard InChI is InChI=1S/C14H11N3/c1-16-8-4-6-12-9-11-5-2-3-7-13(11)17-14(12)10-15/h2-3,5,7,9,16H,8H2,1H3. The minimum Gasteiger partial charge on any atom is -0.309 e. The van der Waals surface area contributed by atoms with E-state index >= 15 is 0 Å². The van der Waals surface area contributed by atoms with Gasteiger partial charge in [-0.25, -0.2) is 4.98 Å². The molecule has 0 aliphatic rings. The maximum atomic E-state index is 9.04. The van der Waals surface area contributed by atoms with Gasteiger partial charge in [-0.15, -0.1) is 0 Å². The minimum absolute atomic E-state index is 0.382. The first-order chi connectivity index (χ1) is 8.35. The molecule has 0 unspecified atom stereocenters. The zero-order valence-corrected chi connectivity index (χ0v) is 9.49. The molecule has 0 amide bonds. The van der Waals surface area contributed by atoms with Crippen LogP contribution in [-0.2, 0) is 0 Å². The van der Waals surface area contributed by atoms with Crippen molar-refractivity contribution >= 4 is 10.9 Å². The third kappa shape index (κ3) is 2.42. The summed E-state index contributed by atoms with van der Waals surface area (Å²) in [5.41, 5.74) is 1.89. The second kappa shape index (κ2) is 5.12. The zero-order chi connectivity index (χ0) is 12.1. The van der Waals surface area contributed by atoms with Gasteiger partial charge in [-0.3, -0.25) is 0 Å². The monoisotopic (exact) mass is 221 g/mol. The molecule has 1 N–H and O–H groups in total. The van der Waals surface area contributed by atoms with Gasteiger partial charge in [0.05, 0.1) is 17.6 Å². The van der Waals surface area contributed by atoms with E-state index in [1.165, 1.54) is 0 Å². The van der Waals surface area contributed by atoms with E-state index in [2.05, 4.69) is 28.2 Å². The van der Waals surface area contributed by atoms with Crippen LogP contribution < -0.4 is 5.32 Å². The lowest BCUT2D eigenvalue weighted by Gasteiger charge is -1.99. The van der Waals surface area contributed by atoms with E-state index in [1.807, 2.05) is 37.4 Å². The molecule has 2 rings (SSSR count). The highest BCUT2D eigenvalue weighted by molar-refractivity contribution is 5.81. The first-order valence-corrected chi connectivity index (χ1v) is 5.28. The number of pyridine rings is 1. The van der Waals surface area contributed by atoms with Crippen LogP contribution in [-0.4, -0.2) is 18.6 Å². The van der Waals surface area contributed by atoms with Crippen LogP contribution in [0.4, 0.5) is 0 Å². The molecule has 0 atom stereocenters. The predicted molar refractivity (Wildman–Crippen MR) is 67.3 cm³/mol. The fraction of sp³-hybridized carbons (Fsp3) is 0.143. The SMILES string of the molecule is CNCC#Cc1cc2ccccc2nc1C#N. The van der Waals surface area contributed by atoms with E-state index in [0.29, 0.717) is 17.8 Å². The van der Waals surface area contributed by atoms with E-state index in [9.17, 15) is 0 Å². The van der Waals surface area contributed by atoms with Crippen molar-refractivity contribution in [1.82, 2.24) is 10.3 Å². The van der Waals surface area contributed by atoms with Crippen molar-refractivity contribution in [2.24, 2.45) is 0 Å². The molecule has 0 fully saturated rings. The van der Waals surface area contributed by atoms with Gasteiger partial charge in [0.25, 0.3) is 0 Å². The maximum absolute atomic E-state index is 9.04. The fourth-order valence-corrected chi connectivity index (χ4v) is 1.52. The zero-order valence-electron chi connectivity index (χ0n) is 9.49. The summed E-state index contributed by atoms with van der Waals surface area (Å²) in [7, 11) is 1.83. The Hall–Kier alpha value is -2.36. The molecule has 82 valence electrons. The average molecular weight is 221 g/mol. The number of nitriles is 1. The Morgan fingerprint density at radius 3 is 2.94 bits per heavy atom. The molecule has 0 aliphatic heterocycles. The van der Waals surface area contributed by atoms with Gasteiger partial charge in [-0.1, -0.05) is 30.0 Å². The summed E-state index contributed by atoms with van der Waals surface area (Å²) in [5.74, 6) is 5.90. The summed E-state index contributed by atoms with van der Waals surface area (Å²) in [5, 5.41) is 13.0. The van der Waals surface area contributed by atoms with E-state index in [0.717, 1.165) is 10.9 Å².